The number of hydrogen-bond acceptors (Lipinski definition) is 3. The van der Waals surface area contributed by atoms with Crippen molar-refractivity contribution in [2.24, 2.45) is 5.92 Å². The summed E-state index contributed by atoms with van der Waals surface area (Å²) >= 11 is 6.43. The lowest BCUT2D eigenvalue weighted by Gasteiger charge is -2.37. The normalized spacial score (nSPS) is 18.3. The lowest BCUT2D eigenvalue weighted by atomic mass is 9.83. The topological polar surface area (TPSA) is 41.6 Å². The number of methoxy groups -OCH3 is 1. The summed E-state index contributed by atoms with van der Waals surface area (Å²) in [7, 11) is 1.66. The Morgan fingerprint density at radius 3 is 2.57 bits per heavy atom. The lowest BCUT2D eigenvalue weighted by Crippen LogP contribution is -2.45. The third kappa shape index (κ3) is 6.41. The van der Waals surface area contributed by atoms with Gasteiger partial charge in [0.15, 0.2) is 0 Å². The Hall–Kier alpha value is -2.89. The van der Waals surface area contributed by atoms with Gasteiger partial charge >= 0.3 is 0 Å². The van der Waals surface area contributed by atoms with Crippen molar-refractivity contribution in [1.82, 2.24) is 10.2 Å². The van der Waals surface area contributed by atoms with Crippen molar-refractivity contribution in [1.29, 1.82) is 0 Å². The van der Waals surface area contributed by atoms with Crippen molar-refractivity contribution in [3.63, 3.8) is 0 Å². The van der Waals surface area contributed by atoms with Crippen molar-refractivity contribution in [2.75, 3.05) is 26.7 Å². The van der Waals surface area contributed by atoms with Crippen LogP contribution in [0.5, 0.6) is 5.75 Å². The van der Waals surface area contributed by atoms with Gasteiger partial charge in [0.2, 0.25) is 5.91 Å². The lowest BCUT2D eigenvalue weighted by molar-refractivity contribution is -0.127. The maximum absolute atomic E-state index is 13.9. The second-order valence-corrected chi connectivity index (χ2v) is 9.68. The molecule has 1 aliphatic rings. The molecule has 184 valence electrons. The molecule has 2 atom stereocenters. The number of para-hydroxylation sites is 1. The molecule has 4 rings (SSSR count). The summed E-state index contributed by atoms with van der Waals surface area (Å²) in [6.45, 7) is 4.44. The molecule has 0 unspecified atom stereocenters. The van der Waals surface area contributed by atoms with E-state index in [1.165, 1.54) is 6.07 Å². The van der Waals surface area contributed by atoms with Crippen molar-refractivity contribution >= 4 is 17.5 Å². The first-order valence-electron chi connectivity index (χ1n) is 12.1. The molecule has 6 heteroatoms. The van der Waals surface area contributed by atoms with Crippen LogP contribution in [0.25, 0.3) is 0 Å². The molecule has 1 heterocycles. The smallest absolute Gasteiger partial charge is 0.224 e. The first kappa shape index (κ1) is 25.2. The van der Waals surface area contributed by atoms with Crippen LogP contribution < -0.4 is 10.1 Å². The Balaban J connectivity index is 1.47. The number of carbonyl (C=O) groups is 1. The molecule has 1 N–H and O–H groups in total. The van der Waals surface area contributed by atoms with Crippen LogP contribution in [-0.4, -0.2) is 37.6 Å². The van der Waals surface area contributed by atoms with Crippen LogP contribution in [0, 0.1) is 18.7 Å². The molecular formula is C29H32ClFN2O2. The number of nitrogens with one attached hydrogen (secondary N) is 1. The molecule has 1 aliphatic heterocycles. The van der Waals surface area contributed by atoms with Crippen LogP contribution in [0.2, 0.25) is 5.02 Å². The highest BCUT2D eigenvalue weighted by atomic mass is 35.5. The first-order valence-corrected chi connectivity index (χ1v) is 12.4. The van der Waals surface area contributed by atoms with Gasteiger partial charge in [0.05, 0.1) is 13.0 Å². The summed E-state index contributed by atoms with van der Waals surface area (Å²) < 4.78 is 19.3. The second-order valence-electron chi connectivity index (χ2n) is 9.28. The fourth-order valence-corrected chi connectivity index (χ4v) is 5.11. The summed E-state index contributed by atoms with van der Waals surface area (Å²) in [6, 6.07) is 21.0. The van der Waals surface area contributed by atoms with E-state index in [9.17, 15) is 9.18 Å². The third-order valence-electron chi connectivity index (χ3n) is 6.79. The molecular weight excluding hydrogens is 463 g/mol. The Kier molecular flexibility index (Phi) is 8.42. The van der Waals surface area contributed by atoms with Gasteiger partial charge in [-0.05, 0) is 66.1 Å². The molecule has 0 radical (unpaired) electrons. The van der Waals surface area contributed by atoms with Gasteiger partial charge in [-0.1, -0.05) is 60.1 Å². The predicted octanol–water partition coefficient (Wildman–Crippen LogP) is 5.76. The van der Waals surface area contributed by atoms with E-state index < -0.39 is 0 Å². The maximum atomic E-state index is 13.9. The summed E-state index contributed by atoms with van der Waals surface area (Å²) in [5, 5.41) is 3.86. The van der Waals surface area contributed by atoms with Crippen molar-refractivity contribution in [2.45, 2.75) is 32.2 Å². The number of rotatable bonds is 8. The molecule has 3 aromatic carbocycles. The largest absolute Gasteiger partial charge is 0.496 e. The van der Waals surface area contributed by atoms with Crippen molar-refractivity contribution in [3.05, 3.63) is 99.8 Å². The molecule has 1 fully saturated rings. The quantitative estimate of drug-likeness (QED) is 0.433. The average molecular weight is 495 g/mol. The van der Waals surface area contributed by atoms with Gasteiger partial charge in [0.1, 0.15) is 11.6 Å². The van der Waals surface area contributed by atoms with E-state index in [1.807, 2.05) is 60.7 Å². The Morgan fingerprint density at radius 1 is 1.09 bits per heavy atom. The monoisotopic (exact) mass is 494 g/mol. The van der Waals surface area contributed by atoms with Crippen molar-refractivity contribution in [3.8, 4) is 5.75 Å². The van der Waals surface area contributed by atoms with E-state index in [2.05, 4.69) is 10.2 Å². The molecule has 1 saturated heterocycles. The summed E-state index contributed by atoms with van der Waals surface area (Å²) in [6.07, 6.45) is 1.43. The number of carbonyl (C=O) groups excluding carboxylic acids is 1. The van der Waals surface area contributed by atoms with Crippen LogP contribution in [0.15, 0.2) is 66.7 Å². The third-order valence-corrected chi connectivity index (χ3v) is 7.16. The van der Waals surface area contributed by atoms with Crippen LogP contribution in [0.1, 0.15) is 34.6 Å². The predicted molar refractivity (Wildman–Crippen MR) is 138 cm³/mol. The van der Waals surface area contributed by atoms with E-state index in [-0.39, 0.29) is 23.6 Å². The van der Waals surface area contributed by atoms with Gasteiger partial charge in [-0.15, -0.1) is 0 Å². The number of hydrogen-bond donors (Lipinski definition) is 1. The summed E-state index contributed by atoms with van der Waals surface area (Å²) in [5.74, 6) is 0.641. The highest BCUT2D eigenvalue weighted by Crippen LogP contribution is 2.33. The zero-order valence-corrected chi connectivity index (χ0v) is 21.0. The number of aryl methyl sites for hydroxylation is 1. The number of halogens is 2. The number of benzene rings is 3. The van der Waals surface area contributed by atoms with E-state index in [0.717, 1.165) is 40.4 Å². The molecule has 0 aliphatic carbocycles. The number of amides is 1. The molecule has 0 bridgehead atoms. The Labute approximate surface area is 212 Å². The number of piperidine rings is 1. The first-order chi connectivity index (χ1) is 16.9. The zero-order valence-electron chi connectivity index (χ0n) is 20.3. The fraction of sp³-hybridized carbons (Fsp3) is 0.345. The van der Waals surface area contributed by atoms with Gasteiger partial charge in [0.25, 0.3) is 0 Å². The second kappa shape index (κ2) is 11.7. The summed E-state index contributed by atoms with van der Waals surface area (Å²) in [4.78, 5) is 15.5. The average Bonchev–Trinajstić information content (AvgIpc) is 2.87. The fourth-order valence-electron chi connectivity index (χ4n) is 4.91. The molecule has 0 saturated carbocycles. The van der Waals surface area contributed by atoms with E-state index in [0.29, 0.717) is 31.6 Å². The van der Waals surface area contributed by atoms with Gasteiger partial charge in [0, 0.05) is 31.2 Å². The van der Waals surface area contributed by atoms with E-state index in [4.69, 9.17) is 16.3 Å². The van der Waals surface area contributed by atoms with Gasteiger partial charge in [-0.25, -0.2) is 4.39 Å². The SMILES string of the molecule is COc1ccccc1CCNC(=O)[C@H]1C[C@@H](c2ccc(F)c(C)c2)CN(Cc2ccccc2Cl)C1. The number of likely N-dealkylation sites (tertiary alicyclic amines) is 1. The van der Waals surface area contributed by atoms with E-state index in [1.54, 1.807) is 14.0 Å². The van der Waals surface area contributed by atoms with Gasteiger partial charge in [-0.2, -0.15) is 0 Å². The van der Waals surface area contributed by atoms with Crippen LogP contribution in [0.3, 0.4) is 0 Å². The molecule has 3 aromatic rings. The van der Waals surface area contributed by atoms with Crippen LogP contribution in [-0.2, 0) is 17.8 Å². The number of nitrogens with zero attached hydrogens (tertiary/aromatic N) is 1. The van der Waals surface area contributed by atoms with Crippen molar-refractivity contribution < 1.29 is 13.9 Å². The number of ether oxygens (including phenoxy) is 1. The molecule has 1 amide bonds. The van der Waals surface area contributed by atoms with Gasteiger partial charge < -0.3 is 10.1 Å². The minimum absolute atomic E-state index is 0.0487. The molecule has 0 aromatic heterocycles. The van der Waals surface area contributed by atoms with E-state index >= 15 is 0 Å². The minimum Gasteiger partial charge on any atom is -0.496 e. The summed E-state index contributed by atoms with van der Waals surface area (Å²) in [5.41, 5.74) is 3.81. The minimum atomic E-state index is -0.205. The maximum Gasteiger partial charge on any atom is 0.224 e. The zero-order chi connectivity index (χ0) is 24.8. The molecule has 35 heavy (non-hydrogen) atoms. The van der Waals surface area contributed by atoms with Gasteiger partial charge in [-0.3, -0.25) is 9.69 Å². The molecule has 0 spiro atoms. The Morgan fingerprint density at radius 2 is 1.83 bits per heavy atom. The van der Waals surface area contributed by atoms with Crippen LogP contribution >= 0.6 is 11.6 Å². The van der Waals surface area contributed by atoms with Crippen LogP contribution in [0.4, 0.5) is 4.39 Å². The molecule has 4 nitrogen and oxygen atoms in total. The Bertz CT molecular complexity index is 1170. The standard InChI is InChI=1S/C29H32ClFN2O2/c1-20-15-22(11-12-27(20)31)24-16-25(19-33(18-24)17-23-8-3-5-9-26(23)30)29(34)32-14-13-21-7-4-6-10-28(21)35-2/h3-12,15,24-25H,13-14,16-19H2,1-2H3,(H,32,34)/t24-,25+/m1/s1. The highest BCUT2D eigenvalue weighted by molar-refractivity contribution is 6.31. The highest BCUT2D eigenvalue weighted by Gasteiger charge is 2.32.